The first-order valence-electron chi connectivity index (χ1n) is 11.0. The lowest BCUT2D eigenvalue weighted by molar-refractivity contribution is 0.337. The molecule has 0 aromatic heterocycles. The third-order valence-electron chi connectivity index (χ3n) is 6.36. The van der Waals surface area contributed by atoms with Crippen LogP contribution in [0, 0.1) is 5.92 Å². The molecule has 31 heavy (non-hydrogen) atoms. The Morgan fingerprint density at radius 3 is 2.39 bits per heavy atom. The monoisotopic (exact) mass is 415 g/mol. The molecule has 3 atom stereocenters. The van der Waals surface area contributed by atoms with Crippen LogP contribution in [-0.4, -0.2) is 20.3 Å². The number of hydrogen-bond donors (Lipinski definition) is 2. The fourth-order valence-electron chi connectivity index (χ4n) is 4.88. The van der Waals surface area contributed by atoms with Gasteiger partial charge in [0.15, 0.2) is 0 Å². The number of hydrogen-bond acceptors (Lipinski definition) is 5. The normalized spacial score (nSPS) is 22.0. The summed E-state index contributed by atoms with van der Waals surface area (Å²) in [6, 6.07) is 26.1. The summed E-state index contributed by atoms with van der Waals surface area (Å²) in [7, 11) is 1.70. The van der Waals surface area contributed by atoms with Crippen LogP contribution in [0.1, 0.15) is 35.7 Å². The van der Waals surface area contributed by atoms with Crippen LogP contribution in [0.2, 0.25) is 0 Å². The summed E-state index contributed by atoms with van der Waals surface area (Å²) in [4.78, 5) is 2.50. The number of anilines is 1. The molecule has 0 saturated carbocycles. The van der Waals surface area contributed by atoms with Crippen LogP contribution < -0.4 is 25.2 Å². The van der Waals surface area contributed by atoms with Crippen LogP contribution in [0.15, 0.2) is 72.8 Å². The van der Waals surface area contributed by atoms with E-state index in [0.29, 0.717) is 12.5 Å². The molecule has 3 aromatic carbocycles. The van der Waals surface area contributed by atoms with E-state index in [1.54, 1.807) is 7.11 Å². The fraction of sp³-hybridized carbons (Fsp3) is 0.308. The van der Waals surface area contributed by atoms with Crippen LogP contribution in [0.25, 0.3) is 0 Å². The summed E-state index contributed by atoms with van der Waals surface area (Å²) in [6.07, 6.45) is 0. The highest BCUT2D eigenvalue weighted by molar-refractivity contribution is 5.61. The molecule has 3 unspecified atom stereocenters. The predicted molar refractivity (Wildman–Crippen MR) is 123 cm³/mol. The number of nitrogens with zero attached hydrogens (tertiary/aromatic N) is 1. The van der Waals surface area contributed by atoms with Gasteiger partial charge in [-0.3, -0.25) is 0 Å². The smallest absolute Gasteiger partial charge is 0.119 e. The first-order valence-corrected chi connectivity index (χ1v) is 11.0. The van der Waals surface area contributed by atoms with E-state index in [0.717, 1.165) is 24.6 Å². The van der Waals surface area contributed by atoms with Crippen LogP contribution in [0.4, 0.5) is 5.69 Å². The number of hydrazine groups is 1. The van der Waals surface area contributed by atoms with E-state index in [-0.39, 0.29) is 12.1 Å². The van der Waals surface area contributed by atoms with Gasteiger partial charge < -0.3 is 14.4 Å². The van der Waals surface area contributed by atoms with E-state index in [9.17, 15) is 0 Å². The Morgan fingerprint density at radius 2 is 1.65 bits per heavy atom. The summed E-state index contributed by atoms with van der Waals surface area (Å²) >= 11 is 0. The highest BCUT2D eigenvalue weighted by atomic mass is 16.5. The molecule has 2 aliphatic rings. The Hall–Kier alpha value is -3.02. The van der Waals surface area contributed by atoms with Gasteiger partial charge >= 0.3 is 0 Å². The molecule has 3 aromatic rings. The number of benzene rings is 3. The second-order valence-corrected chi connectivity index (χ2v) is 8.20. The van der Waals surface area contributed by atoms with Crippen molar-refractivity contribution in [3.8, 4) is 11.5 Å². The molecule has 2 N–H and O–H groups in total. The summed E-state index contributed by atoms with van der Waals surface area (Å²) in [6.45, 7) is 4.52. The van der Waals surface area contributed by atoms with Crippen molar-refractivity contribution in [3.05, 3.63) is 89.5 Å². The van der Waals surface area contributed by atoms with Gasteiger partial charge in [0.2, 0.25) is 0 Å². The van der Waals surface area contributed by atoms with Crippen molar-refractivity contribution in [3.63, 3.8) is 0 Å². The van der Waals surface area contributed by atoms with E-state index < -0.39 is 0 Å². The first kappa shape index (κ1) is 19.9. The van der Waals surface area contributed by atoms with Crippen molar-refractivity contribution in [1.82, 2.24) is 10.9 Å². The number of methoxy groups -OCH3 is 1. The average Bonchev–Trinajstić information content (AvgIpc) is 3.24. The second-order valence-electron chi connectivity index (χ2n) is 8.20. The van der Waals surface area contributed by atoms with Crippen LogP contribution in [0.3, 0.4) is 0 Å². The topological polar surface area (TPSA) is 45.8 Å². The van der Waals surface area contributed by atoms with Crippen LogP contribution >= 0.6 is 0 Å². The summed E-state index contributed by atoms with van der Waals surface area (Å²) in [5.74, 6) is 2.22. The lowest BCUT2D eigenvalue weighted by Gasteiger charge is -2.39. The van der Waals surface area contributed by atoms with Gasteiger partial charge in [0.25, 0.3) is 0 Å². The van der Waals surface area contributed by atoms with E-state index in [1.807, 2.05) is 19.1 Å². The maximum absolute atomic E-state index is 5.83. The molecule has 1 saturated heterocycles. The number of ether oxygens (including phenoxy) is 2. The van der Waals surface area contributed by atoms with Crippen molar-refractivity contribution in [2.75, 3.05) is 25.2 Å². The van der Waals surface area contributed by atoms with Gasteiger partial charge in [-0.1, -0.05) is 42.5 Å². The van der Waals surface area contributed by atoms with Crippen molar-refractivity contribution < 1.29 is 9.47 Å². The maximum atomic E-state index is 5.83. The molecule has 0 bridgehead atoms. The van der Waals surface area contributed by atoms with E-state index in [4.69, 9.17) is 9.47 Å². The molecule has 0 amide bonds. The fourth-order valence-corrected chi connectivity index (χ4v) is 4.88. The molecular formula is C26H29N3O2. The molecule has 0 spiro atoms. The minimum absolute atomic E-state index is 0.243. The molecule has 2 heterocycles. The Bertz CT molecular complexity index is 1020. The van der Waals surface area contributed by atoms with Crippen molar-refractivity contribution in [2.45, 2.75) is 25.6 Å². The standard InChI is InChI=1S/C26H29N3O2/c1-3-31-21-13-14-24-22(15-21)26-23(25(27-28-26)19-7-5-4-6-8-19)17-29(24)16-18-9-11-20(30-2)12-10-18/h4-15,23,25-28H,3,16-17H2,1-2H3. The molecule has 2 aliphatic heterocycles. The zero-order valence-electron chi connectivity index (χ0n) is 18.0. The molecule has 1 fully saturated rings. The molecule has 160 valence electrons. The Kier molecular flexibility index (Phi) is 5.53. The van der Waals surface area contributed by atoms with Crippen molar-refractivity contribution in [2.24, 2.45) is 5.92 Å². The highest BCUT2D eigenvalue weighted by Crippen LogP contribution is 2.46. The number of rotatable bonds is 6. The van der Waals surface area contributed by atoms with Gasteiger partial charge in [-0.2, -0.15) is 0 Å². The van der Waals surface area contributed by atoms with Crippen LogP contribution in [0.5, 0.6) is 11.5 Å². The van der Waals surface area contributed by atoms with Crippen LogP contribution in [-0.2, 0) is 6.54 Å². The van der Waals surface area contributed by atoms with Crippen molar-refractivity contribution >= 4 is 5.69 Å². The van der Waals surface area contributed by atoms with E-state index in [1.165, 1.54) is 22.4 Å². The minimum atomic E-state index is 0.243. The maximum Gasteiger partial charge on any atom is 0.119 e. The van der Waals surface area contributed by atoms with Gasteiger partial charge in [0.05, 0.1) is 25.8 Å². The minimum Gasteiger partial charge on any atom is -0.497 e. The second kappa shape index (κ2) is 8.61. The van der Waals surface area contributed by atoms with Gasteiger partial charge in [0.1, 0.15) is 11.5 Å². The number of nitrogens with one attached hydrogen (secondary N) is 2. The lowest BCUT2D eigenvalue weighted by Crippen LogP contribution is -2.39. The molecule has 5 heteroatoms. The highest BCUT2D eigenvalue weighted by Gasteiger charge is 2.43. The van der Waals surface area contributed by atoms with E-state index >= 15 is 0 Å². The zero-order chi connectivity index (χ0) is 21.2. The molecule has 5 rings (SSSR count). The quantitative estimate of drug-likeness (QED) is 0.615. The van der Waals surface area contributed by atoms with Gasteiger partial charge in [-0.25, -0.2) is 10.9 Å². The third kappa shape index (κ3) is 3.87. The number of fused-ring (bicyclic) bond motifs is 3. The molecular weight excluding hydrogens is 386 g/mol. The Balaban J connectivity index is 1.50. The summed E-state index contributed by atoms with van der Waals surface area (Å²) in [5.41, 5.74) is 12.3. The summed E-state index contributed by atoms with van der Waals surface area (Å²) < 4.78 is 11.2. The molecule has 5 nitrogen and oxygen atoms in total. The molecule has 0 aliphatic carbocycles. The first-order chi connectivity index (χ1) is 15.3. The Labute approximate surface area is 184 Å². The molecule has 0 radical (unpaired) electrons. The summed E-state index contributed by atoms with van der Waals surface area (Å²) in [5, 5.41) is 0. The largest absolute Gasteiger partial charge is 0.497 e. The van der Waals surface area contributed by atoms with Gasteiger partial charge in [-0.05, 0) is 53.9 Å². The van der Waals surface area contributed by atoms with Crippen molar-refractivity contribution in [1.29, 1.82) is 0 Å². The van der Waals surface area contributed by atoms with Gasteiger partial charge in [0, 0.05) is 24.7 Å². The van der Waals surface area contributed by atoms with Gasteiger partial charge in [-0.15, -0.1) is 0 Å². The third-order valence-corrected chi connectivity index (χ3v) is 6.36. The zero-order valence-corrected chi connectivity index (χ0v) is 18.0. The van der Waals surface area contributed by atoms with E-state index in [2.05, 4.69) is 76.4 Å². The Morgan fingerprint density at radius 1 is 0.903 bits per heavy atom. The predicted octanol–water partition coefficient (Wildman–Crippen LogP) is 4.62. The lowest BCUT2D eigenvalue weighted by atomic mass is 9.82. The average molecular weight is 416 g/mol. The SMILES string of the molecule is CCOc1ccc2c(c1)C1NNC(c3ccccc3)C1CN2Cc1ccc(OC)cc1.